The van der Waals surface area contributed by atoms with Crippen LogP contribution in [0, 0.1) is 11.8 Å². The van der Waals surface area contributed by atoms with Gasteiger partial charge in [0.05, 0.1) is 0 Å². The van der Waals surface area contributed by atoms with E-state index in [0.717, 1.165) is 24.1 Å². The molecule has 1 heterocycles. The Bertz CT molecular complexity index is 359. The highest BCUT2D eigenvalue weighted by atomic mass is 15.2. The van der Waals surface area contributed by atoms with Gasteiger partial charge in [-0.3, -0.25) is 0 Å². The highest BCUT2D eigenvalue weighted by molar-refractivity contribution is 5.51. The summed E-state index contributed by atoms with van der Waals surface area (Å²) in [5.41, 5.74) is 3.65. The number of hydrogen-bond acceptors (Lipinski definition) is 4. The fourth-order valence-electron chi connectivity index (χ4n) is 2.66. The van der Waals surface area contributed by atoms with Crippen molar-refractivity contribution in [3.63, 3.8) is 0 Å². The highest BCUT2D eigenvalue weighted by Crippen LogP contribution is 2.30. The summed E-state index contributed by atoms with van der Waals surface area (Å²) in [6.45, 7) is 3.40. The second-order valence-electron chi connectivity index (χ2n) is 5.42. The number of anilines is 2. The van der Waals surface area contributed by atoms with Crippen LogP contribution in [0.2, 0.25) is 0 Å². The van der Waals surface area contributed by atoms with E-state index in [0.29, 0.717) is 5.82 Å². The first-order valence-electron chi connectivity index (χ1n) is 6.94. The number of hydrazine groups is 1. The topological polar surface area (TPSA) is 63.0 Å². The Morgan fingerprint density at radius 1 is 1.33 bits per heavy atom. The summed E-state index contributed by atoms with van der Waals surface area (Å²) in [5, 5.41) is 3.44. The van der Waals surface area contributed by atoms with Crippen molar-refractivity contribution in [3.05, 3.63) is 18.3 Å². The first-order chi connectivity index (χ1) is 8.78. The second kappa shape index (κ2) is 6.59. The number of nitrogens with two attached hydrogens (primary N) is 1. The number of nitrogens with one attached hydrogen (secondary N) is 2. The van der Waals surface area contributed by atoms with Crippen molar-refractivity contribution in [2.45, 2.75) is 39.0 Å². The molecule has 0 aliphatic heterocycles. The van der Waals surface area contributed by atoms with E-state index in [4.69, 9.17) is 5.84 Å². The molecule has 0 bridgehead atoms. The highest BCUT2D eigenvalue weighted by Gasteiger charge is 2.17. The molecule has 0 atom stereocenters. The normalized spacial score (nSPS) is 23.7. The van der Waals surface area contributed by atoms with Crippen molar-refractivity contribution in [1.29, 1.82) is 0 Å². The Hall–Kier alpha value is -1.29. The molecule has 2 rings (SSSR count). The van der Waals surface area contributed by atoms with Crippen LogP contribution in [-0.4, -0.2) is 11.5 Å². The third kappa shape index (κ3) is 3.88. The van der Waals surface area contributed by atoms with Gasteiger partial charge in [0.1, 0.15) is 5.82 Å². The molecule has 1 aliphatic rings. The summed E-state index contributed by atoms with van der Waals surface area (Å²) in [4.78, 5) is 4.09. The predicted molar refractivity (Wildman–Crippen MR) is 76.3 cm³/mol. The maximum absolute atomic E-state index is 5.34. The number of hydrogen-bond donors (Lipinski definition) is 3. The summed E-state index contributed by atoms with van der Waals surface area (Å²) < 4.78 is 0. The molecule has 100 valence electrons. The summed E-state index contributed by atoms with van der Waals surface area (Å²) >= 11 is 0. The Kier molecular flexibility index (Phi) is 4.81. The van der Waals surface area contributed by atoms with E-state index >= 15 is 0 Å². The molecule has 1 fully saturated rings. The quantitative estimate of drug-likeness (QED) is 0.553. The maximum Gasteiger partial charge on any atom is 0.141 e. The zero-order valence-electron chi connectivity index (χ0n) is 11.2. The van der Waals surface area contributed by atoms with Gasteiger partial charge >= 0.3 is 0 Å². The van der Waals surface area contributed by atoms with Gasteiger partial charge in [-0.1, -0.05) is 32.6 Å². The monoisotopic (exact) mass is 248 g/mol. The Morgan fingerprint density at radius 2 is 2.11 bits per heavy atom. The fraction of sp³-hybridized carbons (Fsp3) is 0.643. The molecule has 0 unspecified atom stereocenters. The van der Waals surface area contributed by atoms with E-state index in [1.165, 1.54) is 32.1 Å². The molecule has 0 amide bonds. The van der Waals surface area contributed by atoms with Crippen molar-refractivity contribution in [2.24, 2.45) is 17.7 Å². The molecule has 1 aromatic heterocycles. The molecule has 0 saturated heterocycles. The molecular weight excluding hydrogens is 224 g/mol. The van der Waals surface area contributed by atoms with Crippen molar-refractivity contribution >= 4 is 11.5 Å². The first-order valence-corrected chi connectivity index (χ1v) is 6.94. The fourth-order valence-corrected chi connectivity index (χ4v) is 2.66. The standard InChI is InChI=1S/C14H24N4/c1-11-2-4-12(5-3-11)6-8-16-13-7-9-17-14(10-13)18-15/h7,9-12H,2-6,8,15H2,1H3,(H2,16,17,18). The van der Waals surface area contributed by atoms with E-state index in [1.807, 2.05) is 12.1 Å². The van der Waals surface area contributed by atoms with Gasteiger partial charge in [0, 0.05) is 24.5 Å². The molecule has 4 N–H and O–H groups in total. The summed E-state index contributed by atoms with van der Waals surface area (Å²) in [6.07, 6.45) is 8.63. The minimum Gasteiger partial charge on any atom is -0.385 e. The van der Waals surface area contributed by atoms with Crippen molar-refractivity contribution in [2.75, 3.05) is 17.3 Å². The average molecular weight is 248 g/mol. The largest absolute Gasteiger partial charge is 0.385 e. The Balaban J connectivity index is 1.71. The van der Waals surface area contributed by atoms with E-state index < -0.39 is 0 Å². The first kappa shape index (κ1) is 13.1. The summed E-state index contributed by atoms with van der Waals surface area (Å²) in [5.74, 6) is 7.88. The van der Waals surface area contributed by atoms with E-state index in [-0.39, 0.29) is 0 Å². The van der Waals surface area contributed by atoms with E-state index in [2.05, 4.69) is 22.7 Å². The lowest BCUT2D eigenvalue weighted by Crippen LogP contribution is -2.16. The summed E-state index contributed by atoms with van der Waals surface area (Å²) in [7, 11) is 0. The molecule has 4 nitrogen and oxygen atoms in total. The van der Waals surface area contributed by atoms with Gasteiger partial charge in [-0.15, -0.1) is 0 Å². The number of rotatable bonds is 5. The van der Waals surface area contributed by atoms with Crippen LogP contribution in [0.1, 0.15) is 39.0 Å². The second-order valence-corrected chi connectivity index (χ2v) is 5.42. The lowest BCUT2D eigenvalue weighted by Gasteiger charge is -2.26. The van der Waals surface area contributed by atoms with Crippen LogP contribution in [0.4, 0.5) is 11.5 Å². The molecule has 4 heteroatoms. The van der Waals surface area contributed by atoms with Crippen molar-refractivity contribution < 1.29 is 0 Å². The molecule has 0 aromatic carbocycles. The lowest BCUT2D eigenvalue weighted by atomic mass is 9.81. The number of nitrogens with zero attached hydrogens (tertiary/aromatic N) is 1. The number of aromatic nitrogens is 1. The predicted octanol–water partition coefficient (Wildman–Crippen LogP) is 3.00. The van der Waals surface area contributed by atoms with Crippen LogP contribution in [-0.2, 0) is 0 Å². The molecule has 1 aliphatic carbocycles. The molecule has 0 radical (unpaired) electrons. The van der Waals surface area contributed by atoms with Crippen molar-refractivity contribution in [1.82, 2.24) is 4.98 Å². The molecule has 1 aromatic rings. The van der Waals surface area contributed by atoms with Gasteiger partial charge in [0.15, 0.2) is 0 Å². The van der Waals surface area contributed by atoms with Gasteiger partial charge in [0.25, 0.3) is 0 Å². The van der Waals surface area contributed by atoms with Crippen molar-refractivity contribution in [3.8, 4) is 0 Å². The van der Waals surface area contributed by atoms with Crippen LogP contribution in [0.15, 0.2) is 18.3 Å². The van der Waals surface area contributed by atoms with Gasteiger partial charge < -0.3 is 10.7 Å². The zero-order valence-corrected chi connectivity index (χ0v) is 11.2. The molecule has 0 spiro atoms. The average Bonchev–Trinajstić information content (AvgIpc) is 2.41. The third-order valence-electron chi connectivity index (χ3n) is 3.92. The van der Waals surface area contributed by atoms with E-state index in [1.54, 1.807) is 6.20 Å². The smallest absolute Gasteiger partial charge is 0.141 e. The lowest BCUT2D eigenvalue weighted by molar-refractivity contribution is 0.282. The number of nitrogen functional groups attached to an aromatic ring is 1. The van der Waals surface area contributed by atoms with Crippen LogP contribution in [0.5, 0.6) is 0 Å². The van der Waals surface area contributed by atoms with Gasteiger partial charge in [0.2, 0.25) is 0 Å². The summed E-state index contributed by atoms with van der Waals surface area (Å²) in [6, 6.07) is 3.91. The SMILES string of the molecule is CC1CCC(CCNc2ccnc(NN)c2)CC1. The van der Waals surface area contributed by atoms with Crippen LogP contribution < -0.4 is 16.6 Å². The molecule has 1 saturated carbocycles. The van der Waals surface area contributed by atoms with Gasteiger partial charge in [-0.2, -0.15) is 0 Å². The van der Waals surface area contributed by atoms with E-state index in [9.17, 15) is 0 Å². The third-order valence-corrected chi connectivity index (χ3v) is 3.92. The zero-order chi connectivity index (χ0) is 12.8. The van der Waals surface area contributed by atoms with Crippen LogP contribution in [0.3, 0.4) is 0 Å². The van der Waals surface area contributed by atoms with Gasteiger partial charge in [-0.25, -0.2) is 10.8 Å². The number of pyridine rings is 1. The molecule has 18 heavy (non-hydrogen) atoms. The minimum atomic E-state index is 0.700. The Morgan fingerprint density at radius 3 is 2.83 bits per heavy atom. The van der Waals surface area contributed by atoms with Gasteiger partial charge in [-0.05, 0) is 24.3 Å². The van der Waals surface area contributed by atoms with Crippen LogP contribution >= 0.6 is 0 Å². The van der Waals surface area contributed by atoms with Crippen LogP contribution in [0.25, 0.3) is 0 Å². The Labute approximate surface area is 109 Å². The molecular formula is C14H24N4. The maximum atomic E-state index is 5.34. The minimum absolute atomic E-state index is 0.700.